The Hall–Kier alpha value is -0.339. The van der Waals surface area contributed by atoms with Crippen LogP contribution in [0.5, 0.6) is 0 Å². The predicted molar refractivity (Wildman–Crippen MR) is 155 cm³/mol. The van der Waals surface area contributed by atoms with Crippen LogP contribution in [-0.2, 0) is 22.2 Å². The molecule has 7 nitrogen and oxygen atoms in total. The zero-order valence-electron chi connectivity index (χ0n) is 25.5. The second kappa shape index (κ2) is 9.94. The van der Waals surface area contributed by atoms with E-state index in [-0.39, 0.29) is 39.7 Å². The lowest BCUT2D eigenvalue weighted by molar-refractivity contribution is -0.155. The van der Waals surface area contributed by atoms with Crippen LogP contribution in [0.4, 0.5) is 0 Å². The number of hydrogen-bond donors (Lipinski definition) is 2. The fraction of sp³-hybridized carbons (Fsp3) is 0.889. The molecule has 1 aliphatic carbocycles. The molecule has 2 N–H and O–H groups in total. The highest BCUT2D eigenvalue weighted by Gasteiger charge is 2.68. The lowest BCUT2D eigenvalue weighted by Crippen LogP contribution is -2.76. The lowest BCUT2D eigenvalue weighted by atomic mass is 9.70. The number of carbonyl (C=O) groups excluding carboxylic acids is 1. The third-order valence-corrected chi connectivity index (χ3v) is 24.1. The summed E-state index contributed by atoms with van der Waals surface area (Å²) >= 11 is 0. The molecule has 0 unspecified atom stereocenters. The molecule has 10 heteroatoms. The average Bonchev–Trinajstić information content (AvgIpc) is 2.91. The Labute approximate surface area is 228 Å². The van der Waals surface area contributed by atoms with Crippen LogP contribution in [0.3, 0.4) is 0 Å². The monoisotopic (exact) mass is 571 g/mol. The largest absolute Gasteiger partial charge is 0.414 e. The van der Waals surface area contributed by atoms with Crippen LogP contribution in [0.1, 0.15) is 82.6 Å². The summed E-state index contributed by atoms with van der Waals surface area (Å²) in [5, 5.41) is 15.5. The quantitative estimate of drug-likeness (QED) is 0.225. The van der Waals surface area contributed by atoms with Gasteiger partial charge >= 0.3 is 17.1 Å². The number of rotatable bonds is 7. The molecule has 0 aromatic rings. The first kappa shape index (κ1) is 31.2. The maximum Gasteiger partial charge on any atom is 0.335 e. The lowest BCUT2D eigenvalue weighted by Gasteiger charge is -2.55. The van der Waals surface area contributed by atoms with Crippen molar-refractivity contribution in [3.8, 4) is 0 Å². The van der Waals surface area contributed by atoms with Gasteiger partial charge in [0.25, 0.3) is 0 Å². The molecule has 2 saturated heterocycles. The minimum Gasteiger partial charge on any atom is -0.414 e. The van der Waals surface area contributed by atoms with Gasteiger partial charge in [-0.15, -0.1) is 0 Å². The van der Waals surface area contributed by atoms with Crippen LogP contribution in [-0.4, -0.2) is 66.4 Å². The fourth-order valence-corrected chi connectivity index (χ4v) is 18.2. The van der Waals surface area contributed by atoms with Crippen molar-refractivity contribution in [3.63, 3.8) is 0 Å². The molecule has 1 amide bonds. The second-order valence-corrected chi connectivity index (χ2v) is 28.0. The third-order valence-electron chi connectivity index (χ3n) is 9.40. The molecule has 37 heavy (non-hydrogen) atoms. The van der Waals surface area contributed by atoms with Crippen LogP contribution in [0.25, 0.3) is 0 Å². The Balaban J connectivity index is 2.20. The molecule has 2 heterocycles. The molecule has 3 aliphatic rings. The van der Waals surface area contributed by atoms with E-state index in [0.717, 1.165) is 0 Å². The molecule has 0 saturated carbocycles. The van der Waals surface area contributed by atoms with Crippen LogP contribution in [0, 0.1) is 0 Å². The molecular formula is C27H53NO6Si3. The van der Waals surface area contributed by atoms with Crippen molar-refractivity contribution in [1.82, 2.24) is 5.32 Å². The van der Waals surface area contributed by atoms with Gasteiger partial charge in [0.15, 0.2) is 8.32 Å². The number of β-lactam (4-membered cyclic amide) rings is 1. The van der Waals surface area contributed by atoms with Gasteiger partial charge in [0.05, 0.1) is 18.6 Å². The molecule has 2 fully saturated rings. The number of nitrogens with one attached hydrogen (secondary N) is 1. The molecule has 1 spiro atoms. The Bertz CT molecular complexity index is 873. The van der Waals surface area contributed by atoms with Crippen molar-refractivity contribution in [1.29, 1.82) is 0 Å². The number of hydrogen-bond acceptors (Lipinski definition) is 6. The summed E-state index contributed by atoms with van der Waals surface area (Å²) in [4.78, 5) is 12.3. The van der Waals surface area contributed by atoms with Gasteiger partial charge in [0.1, 0.15) is 17.8 Å². The molecular weight excluding hydrogens is 519 g/mol. The number of carbonyl (C=O) groups is 1. The van der Waals surface area contributed by atoms with Crippen LogP contribution >= 0.6 is 0 Å². The van der Waals surface area contributed by atoms with Crippen molar-refractivity contribution in [2.45, 2.75) is 146 Å². The highest BCUT2D eigenvalue weighted by molar-refractivity contribution is 6.84. The van der Waals surface area contributed by atoms with Gasteiger partial charge in [0.2, 0.25) is 5.91 Å². The van der Waals surface area contributed by atoms with E-state index in [1.165, 1.54) is 0 Å². The van der Waals surface area contributed by atoms with Crippen molar-refractivity contribution in [3.05, 3.63) is 12.2 Å². The minimum absolute atomic E-state index is 0.0000388. The standard InChI is InChI=1S/C27H53NO6Si3/c1-18(2)36(19(3)4)32-23-24(33-37(34-36,20(5)6)21(7)8)27(30,15-14-26(23)16-22(29)28-26)17-31-35(12,13)25(9,10)11/h14-15,18-21,23-24,30H,16-17H2,1-13H3,(H,28,29)/t23-,24+,26+,27-/m1/s1. The Morgan fingerprint density at radius 2 is 1.41 bits per heavy atom. The molecule has 0 aromatic carbocycles. The number of fused-ring (bicyclic) bond motifs is 2. The minimum atomic E-state index is -2.94. The van der Waals surface area contributed by atoms with Gasteiger partial charge in [-0.3, -0.25) is 4.79 Å². The summed E-state index contributed by atoms with van der Waals surface area (Å²) in [6.45, 7) is 28.5. The highest BCUT2D eigenvalue weighted by Crippen LogP contribution is 2.53. The topological polar surface area (TPSA) is 86.2 Å². The molecule has 4 atom stereocenters. The SMILES string of the molecule is CC(C)[Si]1(C(C)C)O[C@@H]2[C@H](O[Si](C(C)C)(C(C)C)O1)[C@](O)(CO[Si](C)(C)C(C)(C)C)C=C[C@]21CC(=O)N1. The summed E-state index contributed by atoms with van der Waals surface area (Å²) < 4.78 is 28.4. The normalized spacial score (nSPS) is 33.6. The Morgan fingerprint density at radius 3 is 1.78 bits per heavy atom. The summed E-state index contributed by atoms with van der Waals surface area (Å²) in [6.07, 6.45) is 2.78. The average molecular weight is 572 g/mol. The summed E-state index contributed by atoms with van der Waals surface area (Å²) in [5.74, 6) is -0.0160. The van der Waals surface area contributed by atoms with E-state index in [4.69, 9.17) is 17.4 Å². The van der Waals surface area contributed by atoms with Crippen molar-refractivity contribution in [2.24, 2.45) is 0 Å². The Morgan fingerprint density at radius 1 is 0.973 bits per heavy atom. The van der Waals surface area contributed by atoms with E-state index in [9.17, 15) is 9.90 Å². The molecule has 214 valence electrons. The zero-order valence-corrected chi connectivity index (χ0v) is 28.5. The van der Waals surface area contributed by atoms with Gasteiger partial charge in [-0.05, 0) is 46.4 Å². The van der Waals surface area contributed by atoms with Crippen LogP contribution in [0.2, 0.25) is 40.3 Å². The van der Waals surface area contributed by atoms with E-state index in [1.54, 1.807) is 0 Å². The van der Waals surface area contributed by atoms with E-state index >= 15 is 0 Å². The van der Waals surface area contributed by atoms with E-state index < -0.39 is 48.8 Å². The summed E-state index contributed by atoms with van der Waals surface area (Å²) in [5.41, 5.74) is -1.51. The molecule has 2 aliphatic heterocycles. The molecule has 0 aromatic heterocycles. The third kappa shape index (κ3) is 5.14. The number of amides is 1. The van der Waals surface area contributed by atoms with E-state index in [2.05, 4.69) is 94.6 Å². The van der Waals surface area contributed by atoms with Gasteiger partial charge < -0.3 is 27.8 Å². The highest BCUT2D eigenvalue weighted by atomic mass is 28.5. The maximum absolute atomic E-state index is 12.4. The maximum atomic E-state index is 12.4. The van der Waals surface area contributed by atoms with Gasteiger partial charge in [0, 0.05) is 0 Å². The second-order valence-electron chi connectivity index (χ2n) is 14.4. The smallest absolute Gasteiger partial charge is 0.335 e. The fourth-order valence-electron chi connectivity index (χ4n) is 5.81. The van der Waals surface area contributed by atoms with Crippen molar-refractivity contribution in [2.75, 3.05) is 6.61 Å². The zero-order chi connectivity index (χ0) is 28.4. The molecule has 3 rings (SSSR count). The van der Waals surface area contributed by atoms with Gasteiger partial charge in [-0.2, -0.15) is 0 Å². The first-order valence-electron chi connectivity index (χ1n) is 14.1. The predicted octanol–water partition coefficient (Wildman–Crippen LogP) is 5.89. The Kier molecular flexibility index (Phi) is 8.38. The summed E-state index contributed by atoms with van der Waals surface area (Å²) in [6, 6.07) is 0. The van der Waals surface area contributed by atoms with Crippen LogP contribution < -0.4 is 5.32 Å². The first-order valence-corrected chi connectivity index (χ1v) is 21.0. The summed E-state index contributed by atoms with van der Waals surface area (Å²) in [7, 11) is -7.99. The van der Waals surface area contributed by atoms with Gasteiger partial charge in [-0.1, -0.05) is 82.2 Å². The number of aliphatic hydroxyl groups is 1. The van der Waals surface area contributed by atoms with Crippen molar-refractivity contribution < 1.29 is 27.3 Å². The van der Waals surface area contributed by atoms with Gasteiger partial charge in [-0.25, -0.2) is 0 Å². The van der Waals surface area contributed by atoms with E-state index in [1.807, 2.05) is 12.2 Å². The van der Waals surface area contributed by atoms with Crippen LogP contribution in [0.15, 0.2) is 12.2 Å². The molecule has 0 bridgehead atoms. The molecule has 0 radical (unpaired) electrons. The van der Waals surface area contributed by atoms with E-state index in [0.29, 0.717) is 6.42 Å². The first-order chi connectivity index (χ1) is 16.7. The van der Waals surface area contributed by atoms with Crippen molar-refractivity contribution >= 4 is 31.3 Å².